The molecule has 1 aromatic heterocycles. The van der Waals surface area contributed by atoms with Gasteiger partial charge >= 0.3 is 0 Å². The molecule has 1 aliphatic rings. The second-order valence-electron chi connectivity index (χ2n) is 5.92. The van der Waals surface area contributed by atoms with Crippen LogP contribution in [0.4, 0.5) is 11.5 Å². The summed E-state index contributed by atoms with van der Waals surface area (Å²) in [6.45, 7) is 7.16. The minimum atomic E-state index is 0.645. The Bertz CT molecular complexity index is 609. The number of nitrogens with zero attached hydrogens (tertiary/aromatic N) is 3. The van der Waals surface area contributed by atoms with E-state index in [-0.39, 0.29) is 0 Å². The van der Waals surface area contributed by atoms with Gasteiger partial charge in [-0.05, 0) is 30.5 Å². The van der Waals surface area contributed by atoms with Gasteiger partial charge in [0.1, 0.15) is 0 Å². The van der Waals surface area contributed by atoms with Gasteiger partial charge in [-0.25, -0.2) is 4.98 Å². The molecule has 0 unspecified atom stereocenters. The van der Waals surface area contributed by atoms with Gasteiger partial charge in [0.05, 0.1) is 11.9 Å². The smallest absolute Gasteiger partial charge is 0.151 e. The Hall–Kier alpha value is -1.94. The van der Waals surface area contributed by atoms with Crippen molar-refractivity contribution in [3.8, 4) is 0 Å². The predicted molar refractivity (Wildman–Crippen MR) is 85.7 cm³/mol. The molecule has 2 aromatic rings. The third-order valence-corrected chi connectivity index (χ3v) is 3.69. The van der Waals surface area contributed by atoms with Crippen molar-refractivity contribution in [2.75, 3.05) is 18.0 Å². The van der Waals surface area contributed by atoms with Gasteiger partial charge in [-0.1, -0.05) is 32.0 Å². The zero-order valence-corrected chi connectivity index (χ0v) is 12.7. The molecule has 21 heavy (non-hydrogen) atoms. The van der Waals surface area contributed by atoms with Crippen LogP contribution >= 0.6 is 0 Å². The maximum atomic E-state index is 4.75. The fourth-order valence-corrected chi connectivity index (χ4v) is 2.68. The molecule has 4 nitrogen and oxygen atoms in total. The summed E-state index contributed by atoms with van der Waals surface area (Å²) in [5.74, 6) is 1.59. The van der Waals surface area contributed by atoms with Gasteiger partial charge in [-0.2, -0.15) is 0 Å². The molecule has 110 valence electrons. The first-order chi connectivity index (χ1) is 10.2. The lowest BCUT2D eigenvalue weighted by Gasteiger charge is -2.18. The first kappa shape index (κ1) is 14.0. The number of nitrogens with one attached hydrogen (secondary N) is 1. The Morgan fingerprint density at radius 1 is 1.24 bits per heavy atom. The molecule has 1 aliphatic heterocycles. The number of hydrogen-bond acceptors (Lipinski definition) is 4. The van der Waals surface area contributed by atoms with Gasteiger partial charge < -0.3 is 10.2 Å². The van der Waals surface area contributed by atoms with E-state index in [0.29, 0.717) is 5.92 Å². The van der Waals surface area contributed by atoms with Crippen LogP contribution in [0.25, 0.3) is 0 Å². The highest BCUT2D eigenvalue weighted by Gasteiger charge is 2.20. The van der Waals surface area contributed by atoms with Crippen molar-refractivity contribution in [3.05, 3.63) is 47.9 Å². The van der Waals surface area contributed by atoms with E-state index in [0.717, 1.165) is 37.6 Å². The first-order valence-corrected chi connectivity index (χ1v) is 7.61. The van der Waals surface area contributed by atoms with Gasteiger partial charge in [0, 0.05) is 25.0 Å². The van der Waals surface area contributed by atoms with E-state index in [1.165, 1.54) is 11.3 Å². The molecule has 0 amide bonds. The lowest BCUT2D eigenvalue weighted by atomic mass is 10.2. The molecule has 3 rings (SSSR count). The third-order valence-electron chi connectivity index (χ3n) is 3.69. The molecule has 0 saturated heterocycles. The zero-order valence-electron chi connectivity index (χ0n) is 12.7. The van der Waals surface area contributed by atoms with Crippen LogP contribution in [-0.2, 0) is 13.0 Å². The lowest BCUT2D eigenvalue weighted by molar-refractivity contribution is 0.547. The Morgan fingerprint density at radius 3 is 2.95 bits per heavy atom. The average molecular weight is 282 g/mol. The molecule has 0 spiro atoms. The van der Waals surface area contributed by atoms with Crippen molar-refractivity contribution in [3.63, 3.8) is 0 Å². The topological polar surface area (TPSA) is 41.1 Å². The predicted octanol–water partition coefficient (Wildman–Crippen LogP) is 2.92. The normalized spacial score (nSPS) is 13.8. The van der Waals surface area contributed by atoms with E-state index in [2.05, 4.69) is 53.3 Å². The molecular weight excluding hydrogens is 260 g/mol. The first-order valence-electron chi connectivity index (χ1n) is 7.61. The molecule has 1 N–H and O–H groups in total. The maximum absolute atomic E-state index is 4.75. The number of hydrogen-bond donors (Lipinski definition) is 1. The highest BCUT2D eigenvalue weighted by molar-refractivity contribution is 5.66. The third kappa shape index (κ3) is 3.22. The van der Waals surface area contributed by atoms with Crippen molar-refractivity contribution >= 4 is 11.5 Å². The minimum absolute atomic E-state index is 0.645. The second kappa shape index (κ2) is 6.22. The summed E-state index contributed by atoms with van der Waals surface area (Å²) in [5, 5.41) is 3.42. The summed E-state index contributed by atoms with van der Waals surface area (Å²) in [6, 6.07) is 8.53. The fraction of sp³-hybridized carbons (Fsp3) is 0.412. The number of rotatable bonds is 5. The Kier molecular flexibility index (Phi) is 4.15. The molecule has 0 atom stereocenters. The van der Waals surface area contributed by atoms with Gasteiger partial charge in [-0.15, -0.1) is 0 Å². The van der Waals surface area contributed by atoms with E-state index in [9.17, 15) is 0 Å². The van der Waals surface area contributed by atoms with Gasteiger partial charge in [0.15, 0.2) is 5.82 Å². The molecule has 0 saturated carbocycles. The standard InChI is InChI=1S/C17H22N4/c1-13(2)9-18-10-15-11-19-12-17(20-15)21-8-7-14-5-3-4-6-16(14)21/h3-6,11-13,18H,7-10H2,1-2H3. The number of para-hydroxylation sites is 1. The fourth-order valence-electron chi connectivity index (χ4n) is 2.68. The van der Waals surface area contributed by atoms with Crippen molar-refractivity contribution < 1.29 is 0 Å². The van der Waals surface area contributed by atoms with Gasteiger partial charge in [0.25, 0.3) is 0 Å². The van der Waals surface area contributed by atoms with Crippen LogP contribution in [0.15, 0.2) is 36.7 Å². The van der Waals surface area contributed by atoms with Crippen LogP contribution in [0, 0.1) is 5.92 Å². The maximum Gasteiger partial charge on any atom is 0.151 e. The summed E-state index contributed by atoms with van der Waals surface area (Å²) in [6.07, 6.45) is 4.78. The van der Waals surface area contributed by atoms with E-state index >= 15 is 0 Å². The van der Waals surface area contributed by atoms with Crippen molar-refractivity contribution in [1.82, 2.24) is 15.3 Å². The molecule has 2 heterocycles. The van der Waals surface area contributed by atoms with Gasteiger partial charge in [0.2, 0.25) is 0 Å². The second-order valence-corrected chi connectivity index (χ2v) is 5.92. The number of aromatic nitrogens is 2. The van der Waals surface area contributed by atoms with Gasteiger partial charge in [-0.3, -0.25) is 4.98 Å². The summed E-state index contributed by atoms with van der Waals surface area (Å²) in [5.41, 5.74) is 3.65. The molecule has 0 aliphatic carbocycles. The van der Waals surface area contributed by atoms with Crippen LogP contribution in [0.5, 0.6) is 0 Å². The van der Waals surface area contributed by atoms with Crippen molar-refractivity contribution in [1.29, 1.82) is 0 Å². The van der Waals surface area contributed by atoms with Crippen molar-refractivity contribution in [2.24, 2.45) is 5.92 Å². The largest absolute Gasteiger partial charge is 0.325 e. The summed E-state index contributed by atoms with van der Waals surface area (Å²) in [4.78, 5) is 11.4. The highest BCUT2D eigenvalue weighted by Crippen LogP contribution is 2.32. The van der Waals surface area contributed by atoms with E-state index in [4.69, 9.17) is 4.98 Å². The molecule has 4 heteroatoms. The SMILES string of the molecule is CC(C)CNCc1cncc(N2CCc3ccccc32)n1. The zero-order chi connectivity index (χ0) is 14.7. The summed E-state index contributed by atoms with van der Waals surface area (Å²) in [7, 11) is 0. The Labute approximate surface area is 126 Å². The molecule has 0 fully saturated rings. The summed E-state index contributed by atoms with van der Waals surface area (Å²) < 4.78 is 0. The monoisotopic (exact) mass is 282 g/mol. The van der Waals surface area contributed by atoms with Crippen LogP contribution in [0.2, 0.25) is 0 Å². The lowest BCUT2D eigenvalue weighted by Crippen LogP contribution is -2.21. The molecule has 1 aromatic carbocycles. The van der Waals surface area contributed by atoms with E-state index in [1.54, 1.807) is 0 Å². The van der Waals surface area contributed by atoms with Crippen LogP contribution in [0.1, 0.15) is 25.1 Å². The van der Waals surface area contributed by atoms with E-state index < -0.39 is 0 Å². The van der Waals surface area contributed by atoms with Crippen LogP contribution in [0.3, 0.4) is 0 Å². The Balaban J connectivity index is 1.75. The summed E-state index contributed by atoms with van der Waals surface area (Å²) >= 11 is 0. The molecular formula is C17H22N4. The Morgan fingerprint density at radius 2 is 2.10 bits per heavy atom. The van der Waals surface area contributed by atoms with E-state index in [1.807, 2.05) is 12.4 Å². The van der Waals surface area contributed by atoms with Crippen LogP contribution < -0.4 is 10.2 Å². The number of anilines is 2. The molecule has 0 bridgehead atoms. The minimum Gasteiger partial charge on any atom is -0.325 e. The number of benzene rings is 1. The van der Waals surface area contributed by atoms with Crippen molar-refractivity contribution in [2.45, 2.75) is 26.8 Å². The molecule has 0 radical (unpaired) electrons. The average Bonchev–Trinajstić information content (AvgIpc) is 2.91. The highest BCUT2D eigenvalue weighted by atomic mass is 15.2. The quantitative estimate of drug-likeness (QED) is 0.915. The number of fused-ring (bicyclic) bond motifs is 1. The van der Waals surface area contributed by atoms with Crippen LogP contribution in [-0.4, -0.2) is 23.1 Å².